The van der Waals surface area contributed by atoms with Gasteiger partial charge in [-0.15, -0.1) is 0 Å². The van der Waals surface area contributed by atoms with Crippen molar-refractivity contribution in [1.29, 1.82) is 0 Å². The predicted molar refractivity (Wildman–Crippen MR) is 65.4 cm³/mol. The van der Waals surface area contributed by atoms with Gasteiger partial charge in [-0.2, -0.15) is 0 Å². The van der Waals surface area contributed by atoms with Crippen LogP contribution in [0, 0.1) is 17.8 Å². The van der Waals surface area contributed by atoms with Crippen LogP contribution < -0.4 is 5.32 Å². The minimum Gasteiger partial charge on any atom is -0.378 e. The van der Waals surface area contributed by atoms with Gasteiger partial charge in [-0.05, 0) is 75.8 Å². The van der Waals surface area contributed by atoms with Crippen molar-refractivity contribution in [2.75, 3.05) is 19.7 Å². The molecule has 0 aromatic heterocycles. The van der Waals surface area contributed by atoms with Crippen LogP contribution in [0.5, 0.6) is 0 Å². The zero-order valence-electron chi connectivity index (χ0n) is 10.3. The van der Waals surface area contributed by atoms with Crippen LogP contribution in [0.1, 0.15) is 44.9 Å². The summed E-state index contributed by atoms with van der Waals surface area (Å²) in [5.41, 5.74) is 0. The van der Waals surface area contributed by atoms with E-state index < -0.39 is 0 Å². The van der Waals surface area contributed by atoms with Crippen molar-refractivity contribution >= 4 is 0 Å². The first-order valence-electron chi connectivity index (χ1n) is 7.26. The Morgan fingerprint density at radius 1 is 1.06 bits per heavy atom. The van der Waals surface area contributed by atoms with Gasteiger partial charge in [0.1, 0.15) is 0 Å². The molecule has 0 radical (unpaired) electrons. The zero-order valence-corrected chi connectivity index (χ0v) is 10.3. The molecule has 3 aliphatic rings. The molecule has 16 heavy (non-hydrogen) atoms. The van der Waals surface area contributed by atoms with Gasteiger partial charge >= 0.3 is 0 Å². The maximum absolute atomic E-state index is 5.64. The third-order valence-corrected chi connectivity index (χ3v) is 4.50. The van der Waals surface area contributed by atoms with E-state index in [9.17, 15) is 0 Å². The van der Waals surface area contributed by atoms with Gasteiger partial charge in [0.15, 0.2) is 0 Å². The first-order chi connectivity index (χ1) is 7.93. The highest BCUT2D eigenvalue weighted by Crippen LogP contribution is 2.48. The molecule has 1 saturated heterocycles. The van der Waals surface area contributed by atoms with Gasteiger partial charge in [0.2, 0.25) is 0 Å². The van der Waals surface area contributed by atoms with Crippen LogP contribution in [0.25, 0.3) is 0 Å². The van der Waals surface area contributed by atoms with E-state index in [2.05, 4.69) is 5.32 Å². The van der Waals surface area contributed by atoms with Crippen molar-refractivity contribution in [3.63, 3.8) is 0 Å². The van der Waals surface area contributed by atoms with Crippen molar-refractivity contribution in [1.82, 2.24) is 5.32 Å². The highest BCUT2D eigenvalue weighted by atomic mass is 16.5. The van der Waals surface area contributed by atoms with E-state index in [0.29, 0.717) is 6.10 Å². The molecule has 1 N–H and O–H groups in total. The lowest BCUT2D eigenvalue weighted by molar-refractivity contribution is 0.104. The number of nitrogens with one attached hydrogen (secondary N) is 1. The van der Waals surface area contributed by atoms with Crippen molar-refractivity contribution in [3.05, 3.63) is 0 Å². The Kier molecular flexibility index (Phi) is 3.49. The molecular formula is C14H25NO. The third-order valence-electron chi connectivity index (χ3n) is 4.50. The van der Waals surface area contributed by atoms with E-state index in [4.69, 9.17) is 4.74 Å². The molecule has 1 unspecified atom stereocenters. The first-order valence-corrected chi connectivity index (χ1v) is 7.26. The molecule has 1 aliphatic heterocycles. The topological polar surface area (TPSA) is 21.3 Å². The number of hydrogen-bond acceptors (Lipinski definition) is 2. The minimum absolute atomic E-state index is 0.563. The SMILES string of the molecule is C1COC(CCNCC(C2CC2)C2CC2)C1. The molecule has 1 atom stereocenters. The fourth-order valence-corrected chi connectivity index (χ4v) is 3.17. The quantitative estimate of drug-likeness (QED) is 0.670. The second kappa shape index (κ2) is 5.05. The maximum atomic E-state index is 5.64. The van der Waals surface area contributed by atoms with Crippen molar-refractivity contribution in [3.8, 4) is 0 Å². The predicted octanol–water partition coefficient (Wildman–Crippen LogP) is 2.58. The van der Waals surface area contributed by atoms with Gasteiger partial charge in [-0.25, -0.2) is 0 Å². The van der Waals surface area contributed by atoms with Crippen LogP contribution in [-0.4, -0.2) is 25.8 Å². The van der Waals surface area contributed by atoms with E-state index >= 15 is 0 Å². The smallest absolute Gasteiger partial charge is 0.0588 e. The van der Waals surface area contributed by atoms with Crippen molar-refractivity contribution in [2.24, 2.45) is 17.8 Å². The second-order valence-electron chi connectivity index (χ2n) is 5.97. The average Bonchev–Trinajstić information content (AvgIpc) is 3.20. The van der Waals surface area contributed by atoms with Gasteiger partial charge in [-0.3, -0.25) is 0 Å². The summed E-state index contributed by atoms with van der Waals surface area (Å²) in [5.74, 6) is 3.19. The van der Waals surface area contributed by atoms with Gasteiger partial charge in [0.05, 0.1) is 6.10 Å². The summed E-state index contributed by atoms with van der Waals surface area (Å²) in [6.45, 7) is 3.44. The van der Waals surface area contributed by atoms with Crippen LogP contribution in [0.3, 0.4) is 0 Å². The fraction of sp³-hybridized carbons (Fsp3) is 1.00. The molecular weight excluding hydrogens is 198 g/mol. The average molecular weight is 223 g/mol. The van der Waals surface area contributed by atoms with Crippen molar-refractivity contribution < 1.29 is 4.74 Å². The zero-order chi connectivity index (χ0) is 10.8. The normalized spacial score (nSPS) is 30.2. The fourth-order valence-electron chi connectivity index (χ4n) is 3.17. The van der Waals surface area contributed by atoms with Crippen LogP contribution >= 0.6 is 0 Å². The summed E-state index contributed by atoms with van der Waals surface area (Å²) in [5, 5.41) is 3.68. The van der Waals surface area contributed by atoms with Gasteiger partial charge in [0, 0.05) is 6.61 Å². The van der Waals surface area contributed by atoms with Gasteiger partial charge < -0.3 is 10.1 Å². The molecule has 0 spiro atoms. The Balaban J connectivity index is 1.29. The Morgan fingerprint density at radius 2 is 1.81 bits per heavy atom. The molecule has 1 heterocycles. The second-order valence-corrected chi connectivity index (χ2v) is 5.97. The maximum Gasteiger partial charge on any atom is 0.0588 e. The molecule has 0 aromatic carbocycles. The summed E-state index contributed by atoms with van der Waals surface area (Å²) >= 11 is 0. The third kappa shape index (κ3) is 2.98. The summed E-state index contributed by atoms with van der Waals surface area (Å²) in [4.78, 5) is 0. The van der Waals surface area contributed by atoms with E-state index in [1.54, 1.807) is 0 Å². The molecule has 2 aliphatic carbocycles. The van der Waals surface area contributed by atoms with Crippen LogP contribution in [-0.2, 0) is 4.74 Å². The van der Waals surface area contributed by atoms with Crippen LogP contribution in [0.4, 0.5) is 0 Å². The Morgan fingerprint density at radius 3 is 2.38 bits per heavy atom. The summed E-state index contributed by atoms with van der Waals surface area (Å²) in [6, 6.07) is 0. The monoisotopic (exact) mass is 223 g/mol. The number of rotatable bonds is 7. The Labute approximate surface area is 99.1 Å². The highest BCUT2D eigenvalue weighted by molar-refractivity contribution is 4.92. The lowest BCUT2D eigenvalue weighted by atomic mass is 9.98. The molecule has 0 amide bonds. The van der Waals surface area contributed by atoms with Gasteiger partial charge in [0.25, 0.3) is 0 Å². The molecule has 2 nitrogen and oxygen atoms in total. The molecule has 92 valence electrons. The standard InChI is InChI=1S/C14H25NO/c1-2-13(16-9-1)7-8-15-10-14(11-3-4-11)12-5-6-12/h11-15H,1-10H2. The summed E-state index contributed by atoms with van der Waals surface area (Å²) in [6.07, 6.45) is 10.4. The van der Waals surface area contributed by atoms with Gasteiger partial charge in [-0.1, -0.05) is 0 Å². The lowest BCUT2D eigenvalue weighted by Gasteiger charge is -2.17. The van der Waals surface area contributed by atoms with Crippen LogP contribution in [0.15, 0.2) is 0 Å². The van der Waals surface area contributed by atoms with E-state index in [1.807, 2.05) is 0 Å². The van der Waals surface area contributed by atoms with E-state index in [1.165, 1.54) is 58.0 Å². The molecule has 3 rings (SSSR count). The summed E-state index contributed by atoms with van der Waals surface area (Å²) < 4.78 is 5.64. The summed E-state index contributed by atoms with van der Waals surface area (Å²) in [7, 11) is 0. The Hall–Kier alpha value is -0.0800. The minimum atomic E-state index is 0.563. The largest absolute Gasteiger partial charge is 0.378 e. The molecule has 2 heteroatoms. The molecule has 2 saturated carbocycles. The lowest BCUT2D eigenvalue weighted by Crippen LogP contribution is -2.28. The molecule has 0 aromatic rings. The van der Waals surface area contributed by atoms with E-state index in [0.717, 1.165) is 24.4 Å². The van der Waals surface area contributed by atoms with E-state index in [-0.39, 0.29) is 0 Å². The molecule has 0 bridgehead atoms. The first kappa shape index (κ1) is 11.0. The number of ether oxygens (including phenoxy) is 1. The number of hydrogen-bond donors (Lipinski definition) is 1. The van der Waals surface area contributed by atoms with Crippen molar-refractivity contribution in [2.45, 2.75) is 51.0 Å². The highest BCUT2D eigenvalue weighted by Gasteiger charge is 2.40. The Bertz CT molecular complexity index is 205. The van der Waals surface area contributed by atoms with Crippen LogP contribution in [0.2, 0.25) is 0 Å². The molecule has 3 fully saturated rings.